The molecule has 2 atom stereocenters. The predicted octanol–water partition coefficient (Wildman–Crippen LogP) is 5.12. The van der Waals surface area contributed by atoms with Crippen molar-refractivity contribution < 1.29 is 14.3 Å². The van der Waals surface area contributed by atoms with Gasteiger partial charge in [0.15, 0.2) is 5.65 Å². The number of nitrogens with two attached hydrogens (primary N) is 1. The Morgan fingerprint density at radius 2 is 2.12 bits per heavy atom. The van der Waals surface area contributed by atoms with Crippen LogP contribution in [0, 0.1) is 6.92 Å². The number of nitrogens with zero attached hydrogens (tertiary/aromatic N) is 6. The van der Waals surface area contributed by atoms with E-state index in [0.717, 1.165) is 52.0 Å². The summed E-state index contributed by atoms with van der Waals surface area (Å²) in [6.07, 6.45) is 2.98. The molecule has 11 heteroatoms. The largest absolute Gasteiger partial charge is 0.487 e. The highest BCUT2D eigenvalue weighted by Crippen LogP contribution is 2.37. The second kappa shape index (κ2) is 11.7. The Morgan fingerprint density at radius 3 is 2.93 bits per heavy atom. The van der Waals surface area contributed by atoms with E-state index in [2.05, 4.69) is 55.7 Å². The Hall–Kier alpha value is -4.09. The molecule has 10 nitrogen and oxygen atoms in total. The highest BCUT2D eigenvalue weighted by Gasteiger charge is 2.27. The summed E-state index contributed by atoms with van der Waals surface area (Å²) in [6, 6.07) is 10.3. The number of ether oxygens (including phenoxy) is 2. The Kier molecular flexibility index (Phi) is 7.78. The molecule has 218 valence electrons. The third-order valence-electron chi connectivity index (χ3n) is 7.95. The summed E-state index contributed by atoms with van der Waals surface area (Å²) in [5.74, 6) is 0.777. The lowest BCUT2D eigenvalue weighted by atomic mass is 9.85. The van der Waals surface area contributed by atoms with Crippen molar-refractivity contribution in [2.24, 2.45) is 7.05 Å². The van der Waals surface area contributed by atoms with Crippen molar-refractivity contribution in [1.29, 1.82) is 0 Å². The second-order valence-corrected chi connectivity index (χ2v) is 11.7. The van der Waals surface area contributed by atoms with Crippen LogP contribution in [0.5, 0.6) is 5.75 Å². The highest BCUT2D eigenvalue weighted by molar-refractivity contribution is 7.17. The molecule has 0 aliphatic carbocycles. The van der Waals surface area contributed by atoms with Crippen molar-refractivity contribution in [2.45, 2.75) is 58.7 Å². The molecule has 0 unspecified atom stereocenters. The zero-order chi connectivity index (χ0) is 29.4. The molecular weight excluding hydrogens is 550 g/mol. The van der Waals surface area contributed by atoms with Gasteiger partial charge in [-0.15, -0.1) is 16.4 Å². The number of thiophene rings is 1. The summed E-state index contributed by atoms with van der Waals surface area (Å²) in [5.41, 5.74) is 12.5. The zero-order valence-corrected chi connectivity index (χ0v) is 25.1. The molecule has 0 spiro atoms. The fourth-order valence-electron chi connectivity index (χ4n) is 5.83. The predicted molar refractivity (Wildman–Crippen MR) is 163 cm³/mol. The van der Waals surface area contributed by atoms with Crippen LogP contribution in [0.2, 0.25) is 0 Å². The smallest absolute Gasteiger partial charge is 0.306 e. The van der Waals surface area contributed by atoms with E-state index >= 15 is 0 Å². The number of aromatic nitrogens is 5. The van der Waals surface area contributed by atoms with Crippen molar-refractivity contribution in [3.8, 4) is 5.75 Å². The van der Waals surface area contributed by atoms with Gasteiger partial charge < -0.3 is 15.2 Å². The summed E-state index contributed by atoms with van der Waals surface area (Å²) in [7, 11) is 1.83. The number of aryl methyl sites for hydroxylation is 2. The van der Waals surface area contributed by atoms with E-state index in [1.807, 2.05) is 33.2 Å². The van der Waals surface area contributed by atoms with E-state index in [1.54, 1.807) is 22.1 Å². The van der Waals surface area contributed by atoms with E-state index in [0.29, 0.717) is 31.2 Å². The molecule has 0 saturated carbocycles. The SMILES string of the molecule is CCOC(=O)C[C@H](c1cc(CN2Cc3nc(N)ccc3O[C@H](CC)C2)c2sccc2c1)c1cnc2c(nnn2C)c1C. The van der Waals surface area contributed by atoms with Gasteiger partial charge in [0.25, 0.3) is 0 Å². The van der Waals surface area contributed by atoms with Crippen molar-refractivity contribution in [3.63, 3.8) is 0 Å². The summed E-state index contributed by atoms with van der Waals surface area (Å²) in [4.78, 5) is 24.6. The van der Waals surface area contributed by atoms with E-state index < -0.39 is 0 Å². The Balaban J connectivity index is 1.42. The van der Waals surface area contributed by atoms with Crippen molar-refractivity contribution in [3.05, 3.63) is 69.9 Å². The number of hydrogen-bond acceptors (Lipinski definition) is 10. The minimum absolute atomic E-state index is 0.0441. The standard InChI is InChI=1S/C31H35N7O3S/c1-5-22-16-38(17-25-26(41-22)7-8-27(32)34-25)15-21-12-20(11-19-9-10-42-30(19)21)23(13-28(39)40-6-2)24-14-33-31-29(18(24)3)35-36-37(31)4/h7-12,14,22-23H,5-6,13,15-17H2,1-4H3,(H2,32,34)/t22-,23-/m1/s1. The van der Waals surface area contributed by atoms with E-state index in [-0.39, 0.29) is 24.4 Å². The van der Waals surface area contributed by atoms with Crippen LogP contribution in [0.15, 0.2) is 41.9 Å². The number of benzene rings is 1. The van der Waals surface area contributed by atoms with Crippen molar-refractivity contribution in [1.82, 2.24) is 29.9 Å². The van der Waals surface area contributed by atoms with Gasteiger partial charge in [-0.05, 0) is 77.6 Å². The number of hydrogen-bond donors (Lipinski definition) is 1. The number of esters is 1. The van der Waals surface area contributed by atoms with Crippen LogP contribution in [0.4, 0.5) is 5.82 Å². The molecule has 5 heterocycles. The highest BCUT2D eigenvalue weighted by atomic mass is 32.1. The quantitative estimate of drug-likeness (QED) is 0.247. The lowest BCUT2D eigenvalue weighted by Crippen LogP contribution is -2.32. The van der Waals surface area contributed by atoms with Crippen LogP contribution in [0.25, 0.3) is 21.3 Å². The topological polar surface area (TPSA) is 121 Å². The van der Waals surface area contributed by atoms with Gasteiger partial charge in [-0.25, -0.2) is 14.6 Å². The van der Waals surface area contributed by atoms with Gasteiger partial charge in [0, 0.05) is 43.5 Å². The number of anilines is 1. The lowest BCUT2D eigenvalue weighted by molar-refractivity contribution is -0.143. The van der Waals surface area contributed by atoms with Crippen LogP contribution < -0.4 is 10.5 Å². The maximum absolute atomic E-state index is 12.9. The monoisotopic (exact) mass is 585 g/mol. The van der Waals surface area contributed by atoms with Gasteiger partial charge in [0.05, 0.1) is 18.7 Å². The molecule has 1 aliphatic rings. The van der Waals surface area contributed by atoms with Crippen molar-refractivity contribution in [2.75, 3.05) is 18.9 Å². The van der Waals surface area contributed by atoms with E-state index in [9.17, 15) is 4.79 Å². The molecule has 1 aromatic carbocycles. The third-order valence-corrected chi connectivity index (χ3v) is 8.95. The molecule has 5 aromatic rings. The van der Waals surface area contributed by atoms with Gasteiger partial charge in [-0.1, -0.05) is 18.2 Å². The number of nitrogen functional groups attached to an aromatic ring is 1. The van der Waals surface area contributed by atoms with Gasteiger partial charge >= 0.3 is 5.97 Å². The molecule has 4 aromatic heterocycles. The average Bonchev–Trinajstić information content (AvgIpc) is 3.56. The Bertz CT molecular complexity index is 1760. The minimum atomic E-state index is -0.260. The zero-order valence-electron chi connectivity index (χ0n) is 24.3. The summed E-state index contributed by atoms with van der Waals surface area (Å²) >= 11 is 1.73. The summed E-state index contributed by atoms with van der Waals surface area (Å²) in [5, 5.41) is 11.8. The summed E-state index contributed by atoms with van der Waals surface area (Å²) in [6.45, 7) is 8.42. The minimum Gasteiger partial charge on any atom is -0.487 e. The molecule has 0 saturated heterocycles. The van der Waals surface area contributed by atoms with E-state index in [4.69, 9.17) is 15.2 Å². The molecule has 42 heavy (non-hydrogen) atoms. The first-order valence-corrected chi connectivity index (χ1v) is 15.2. The molecule has 0 bridgehead atoms. The number of fused-ring (bicyclic) bond motifs is 3. The third kappa shape index (κ3) is 5.41. The number of carbonyl (C=O) groups excluding carboxylic acids is 1. The first-order valence-electron chi connectivity index (χ1n) is 14.3. The number of rotatable bonds is 8. The molecule has 0 amide bonds. The lowest BCUT2D eigenvalue weighted by Gasteiger charge is -2.25. The molecular formula is C31H35N7O3S. The van der Waals surface area contributed by atoms with Crippen LogP contribution >= 0.6 is 11.3 Å². The molecule has 2 N–H and O–H groups in total. The molecule has 0 fully saturated rings. The van der Waals surface area contributed by atoms with Gasteiger partial charge in [-0.3, -0.25) is 9.69 Å². The molecule has 6 rings (SSSR count). The fourth-order valence-corrected chi connectivity index (χ4v) is 6.72. The van der Waals surface area contributed by atoms with Crippen LogP contribution in [-0.4, -0.2) is 55.1 Å². The van der Waals surface area contributed by atoms with Gasteiger partial charge in [-0.2, -0.15) is 0 Å². The maximum atomic E-state index is 12.9. The second-order valence-electron chi connectivity index (χ2n) is 10.8. The molecule has 0 radical (unpaired) electrons. The Morgan fingerprint density at radius 1 is 1.26 bits per heavy atom. The van der Waals surface area contributed by atoms with E-state index in [1.165, 1.54) is 10.3 Å². The van der Waals surface area contributed by atoms with Gasteiger partial charge in [0.1, 0.15) is 23.2 Å². The maximum Gasteiger partial charge on any atom is 0.306 e. The van der Waals surface area contributed by atoms with Gasteiger partial charge in [0.2, 0.25) is 0 Å². The number of carbonyl (C=O) groups is 1. The normalized spacial score (nSPS) is 16.2. The van der Waals surface area contributed by atoms with Crippen LogP contribution in [0.3, 0.4) is 0 Å². The fraction of sp³-hybridized carbons (Fsp3) is 0.387. The summed E-state index contributed by atoms with van der Waals surface area (Å²) < 4.78 is 14.6. The molecule has 1 aliphatic heterocycles. The first kappa shape index (κ1) is 28.0. The van der Waals surface area contributed by atoms with Crippen molar-refractivity contribution >= 4 is 44.4 Å². The first-order chi connectivity index (χ1) is 20.3. The Labute approximate surface area is 248 Å². The average molecular weight is 586 g/mol. The van der Waals surface area contributed by atoms with Crippen LogP contribution in [-0.2, 0) is 29.7 Å². The van der Waals surface area contributed by atoms with Crippen LogP contribution in [0.1, 0.15) is 60.6 Å². The number of pyridine rings is 2.